The van der Waals surface area contributed by atoms with Gasteiger partial charge in [0.15, 0.2) is 0 Å². The highest BCUT2D eigenvalue weighted by atomic mass is 13.9. The van der Waals surface area contributed by atoms with Crippen LogP contribution in [0.2, 0.25) is 0 Å². The first kappa shape index (κ1) is 13.4. The summed E-state index contributed by atoms with van der Waals surface area (Å²) in [5.41, 5.74) is 0. The second kappa shape index (κ2) is 10.4. The Hall–Kier alpha value is -2.64. The molecule has 0 aromatic carbocycles. The largest absolute Gasteiger partial charge is 0.119 e. The van der Waals surface area contributed by atoms with Gasteiger partial charge in [0.25, 0.3) is 0 Å². The maximum absolute atomic E-state index is 5.03. The second-order valence-electron chi connectivity index (χ2n) is 2.55. The molecule has 0 bridgehead atoms. The first-order valence-corrected chi connectivity index (χ1v) is 4.62. The van der Waals surface area contributed by atoms with E-state index in [4.69, 9.17) is 12.8 Å². The van der Waals surface area contributed by atoms with Crippen LogP contribution in [0, 0.1) is 78.0 Å². The van der Waals surface area contributed by atoms with Crippen LogP contribution in [0.5, 0.6) is 0 Å². The Balaban J connectivity index is 4.34. The molecule has 74 valence electrons. The van der Waals surface area contributed by atoms with Crippen LogP contribution in [-0.4, -0.2) is 0 Å². The Morgan fingerprint density at radius 2 is 1.75 bits per heavy atom. The molecule has 1 atom stereocenters. The van der Waals surface area contributed by atoms with Crippen LogP contribution in [0.15, 0.2) is 0 Å². The van der Waals surface area contributed by atoms with Crippen molar-refractivity contribution in [3.63, 3.8) is 0 Å². The molecule has 0 aliphatic heterocycles. The molecule has 0 aromatic rings. The molecule has 0 N–H and O–H groups in total. The van der Waals surface area contributed by atoms with Gasteiger partial charge in [-0.3, -0.25) is 0 Å². The summed E-state index contributed by atoms with van der Waals surface area (Å²) < 4.78 is 0. The predicted octanol–water partition coefficient (Wildman–Crippen LogP) is 1.68. The first-order valence-electron chi connectivity index (χ1n) is 4.62. The smallest absolute Gasteiger partial charge is 0.0930 e. The third-order valence-corrected chi connectivity index (χ3v) is 1.37. The van der Waals surface area contributed by atoms with Gasteiger partial charge in [0, 0.05) is 6.42 Å². The van der Waals surface area contributed by atoms with Crippen molar-refractivity contribution in [1.29, 1.82) is 0 Å². The molecule has 0 fully saturated rings. The minimum absolute atomic E-state index is 0.108. The van der Waals surface area contributed by atoms with Crippen molar-refractivity contribution in [2.45, 2.75) is 19.8 Å². The van der Waals surface area contributed by atoms with Crippen LogP contribution in [-0.2, 0) is 0 Å². The average molecular weight is 202 g/mol. The van der Waals surface area contributed by atoms with E-state index in [2.05, 4.69) is 59.2 Å². The van der Waals surface area contributed by atoms with E-state index in [1.165, 1.54) is 0 Å². The van der Waals surface area contributed by atoms with Crippen LogP contribution in [0.1, 0.15) is 19.8 Å². The number of hydrogen-bond donors (Lipinski definition) is 0. The molecule has 0 rings (SSSR count). The molecule has 0 nitrogen and oxygen atoms in total. The number of hydrogen-bond acceptors (Lipinski definition) is 0. The van der Waals surface area contributed by atoms with Crippen LogP contribution >= 0.6 is 0 Å². The molecule has 0 radical (unpaired) electrons. The van der Waals surface area contributed by atoms with Crippen LogP contribution < -0.4 is 0 Å². The van der Waals surface area contributed by atoms with Gasteiger partial charge in [-0.25, -0.2) is 0 Å². The van der Waals surface area contributed by atoms with Gasteiger partial charge in [-0.2, -0.15) is 0 Å². The van der Waals surface area contributed by atoms with Gasteiger partial charge in [0.05, 0.1) is 12.3 Å². The highest BCUT2D eigenvalue weighted by Gasteiger charge is 1.95. The van der Waals surface area contributed by atoms with Gasteiger partial charge in [-0.05, 0) is 30.6 Å². The van der Waals surface area contributed by atoms with Gasteiger partial charge in [0.1, 0.15) is 0 Å². The molecule has 0 heterocycles. The maximum Gasteiger partial charge on any atom is 0.0930 e. The van der Waals surface area contributed by atoms with Gasteiger partial charge in [-0.15, -0.1) is 18.8 Å². The summed E-state index contributed by atoms with van der Waals surface area (Å²) in [6.07, 6.45) is 11.0. The maximum atomic E-state index is 5.03. The standard InChI is InChI=1S/C16H10/c1-4-7-9-10-11-12-15-16(13-6-3)14-8-5-2/h1-2,16H,7,15H2,3H3. The number of rotatable bonds is 1. The molecular weight excluding hydrogens is 192 g/mol. The fourth-order valence-electron chi connectivity index (χ4n) is 0.778. The molecule has 16 heavy (non-hydrogen) atoms. The highest BCUT2D eigenvalue weighted by molar-refractivity contribution is 5.31. The van der Waals surface area contributed by atoms with Crippen molar-refractivity contribution < 1.29 is 0 Å². The van der Waals surface area contributed by atoms with Crippen LogP contribution in [0.4, 0.5) is 0 Å². The van der Waals surface area contributed by atoms with Crippen molar-refractivity contribution >= 4 is 0 Å². The Kier molecular flexibility index (Phi) is 8.72. The Morgan fingerprint density at radius 1 is 1.00 bits per heavy atom. The Morgan fingerprint density at radius 3 is 2.38 bits per heavy atom. The van der Waals surface area contributed by atoms with Crippen molar-refractivity contribution in [3.05, 3.63) is 0 Å². The zero-order valence-electron chi connectivity index (χ0n) is 9.15. The van der Waals surface area contributed by atoms with E-state index in [0.717, 1.165) is 0 Å². The summed E-state index contributed by atoms with van der Waals surface area (Å²) in [6, 6.07) is 0. The quantitative estimate of drug-likeness (QED) is 0.567. The summed E-state index contributed by atoms with van der Waals surface area (Å²) in [7, 11) is 0. The van der Waals surface area contributed by atoms with Gasteiger partial charge >= 0.3 is 0 Å². The molecule has 0 amide bonds. The summed E-state index contributed by atoms with van der Waals surface area (Å²) >= 11 is 0. The molecule has 0 aliphatic carbocycles. The summed E-state index contributed by atoms with van der Waals surface area (Å²) in [6.45, 7) is 1.75. The van der Waals surface area contributed by atoms with E-state index in [0.29, 0.717) is 12.8 Å². The fourth-order valence-corrected chi connectivity index (χ4v) is 0.778. The zero-order valence-corrected chi connectivity index (χ0v) is 9.15. The van der Waals surface area contributed by atoms with Gasteiger partial charge < -0.3 is 0 Å². The van der Waals surface area contributed by atoms with Gasteiger partial charge in [0.2, 0.25) is 0 Å². The molecule has 0 saturated heterocycles. The topological polar surface area (TPSA) is 0 Å². The average Bonchev–Trinajstić information content (AvgIpc) is 2.30. The lowest BCUT2D eigenvalue weighted by molar-refractivity contribution is 0.918. The van der Waals surface area contributed by atoms with Crippen molar-refractivity contribution in [2.24, 2.45) is 5.92 Å². The van der Waals surface area contributed by atoms with Crippen molar-refractivity contribution in [3.8, 4) is 72.1 Å². The van der Waals surface area contributed by atoms with Crippen LogP contribution in [0.3, 0.4) is 0 Å². The monoisotopic (exact) mass is 202 g/mol. The third-order valence-electron chi connectivity index (χ3n) is 1.37. The first-order chi connectivity index (χ1) is 7.85. The molecule has 0 spiro atoms. The molecule has 1 unspecified atom stereocenters. The van der Waals surface area contributed by atoms with Gasteiger partial charge in [-0.1, -0.05) is 29.6 Å². The van der Waals surface area contributed by atoms with Crippen LogP contribution in [0.25, 0.3) is 0 Å². The summed E-state index contributed by atoms with van der Waals surface area (Å²) in [4.78, 5) is 0. The molecule has 0 aliphatic rings. The lowest BCUT2D eigenvalue weighted by atomic mass is 10.1. The van der Waals surface area contributed by atoms with E-state index in [1.807, 2.05) is 0 Å². The lowest BCUT2D eigenvalue weighted by Crippen LogP contribution is -1.90. The SMILES string of the molecule is C#CC#CC(C#CC)CC#CC#CCC#C. The van der Waals surface area contributed by atoms with Crippen molar-refractivity contribution in [2.75, 3.05) is 0 Å². The minimum Gasteiger partial charge on any atom is -0.119 e. The summed E-state index contributed by atoms with van der Waals surface area (Å²) in [5, 5.41) is 0. The van der Waals surface area contributed by atoms with E-state index >= 15 is 0 Å². The Labute approximate surface area is 98.2 Å². The summed E-state index contributed by atoms with van der Waals surface area (Å²) in [5.74, 6) is 26.6. The lowest BCUT2D eigenvalue weighted by Gasteiger charge is -1.92. The van der Waals surface area contributed by atoms with E-state index < -0.39 is 0 Å². The molecule has 0 heteroatoms. The highest BCUT2D eigenvalue weighted by Crippen LogP contribution is 1.97. The normalized spacial score (nSPS) is 7.69. The van der Waals surface area contributed by atoms with E-state index in [-0.39, 0.29) is 5.92 Å². The molecule has 0 aromatic heterocycles. The minimum atomic E-state index is -0.108. The molecular formula is C16H10. The fraction of sp³-hybridized carbons (Fsp3) is 0.250. The number of terminal acetylenes is 2. The zero-order chi connectivity index (χ0) is 12.1. The molecule has 0 saturated carbocycles. The Bertz CT molecular complexity index is 531. The third kappa shape index (κ3) is 7.98. The second-order valence-corrected chi connectivity index (χ2v) is 2.55. The van der Waals surface area contributed by atoms with E-state index in [9.17, 15) is 0 Å². The van der Waals surface area contributed by atoms with Crippen molar-refractivity contribution in [1.82, 2.24) is 0 Å². The predicted molar refractivity (Wildman–Crippen MR) is 67.2 cm³/mol. The van der Waals surface area contributed by atoms with E-state index in [1.54, 1.807) is 6.92 Å².